The van der Waals surface area contributed by atoms with Crippen LogP contribution < -0.4 is 4.74 Å². The van der Waals surface area contributed by atoms with E-state index < -0.39 is 6.10 Å². The maximum atomic E-state index is 10.6. The minimum absolute atomic E-state index is 0.557. The molecular weight excluding hydrogens is 316 g/mol. The minimum atomic E-state index is -0.579. The molecule has 3 heteroatoms. The lowest BCUT2D eigenvalue weighted by atomic mass is 9.95. The van der Waals surface area contributed by atoms with Crippen LogP contribution in [0.5, 0.6) is 5.75 Å². The number of hydrogen-bond donors (Lipinski definition) is 1. The average Bonchev–Trinajstić information content (AvgIpc) is 2.40. The number of ether oxygens (including phenoxy) is 1. The first-order valence-electron chi connectivity index (χ1n) is 6.59. The summed E-state index contributed by atoms with van der Waals surface area (Å²) in [6.45, 7) is 4.04. The monoisotopic (exact) mass is 334 g/mol. The van der Waals surface area contributed by atoms with Gasteiger partial charge in [0.15, 0.2) is 0 Å². The Balaban J connectivity index is 2.34. The van der Waals surface area contributed by atoms with Crippen molar-refractivity contribution >= 4 is 15.9 Å². The Morgan fingerprint density at radius 2 is 1.90 bits per heavy atom. The van der Waals surface area contributed by atoms with Crippen LogP contribution in [-0.2, 0) is 6.42 Å². The summed E-state index contributed by atoms with van der Waals surface area (Å²) in [4.78, 5) is 0. The molecule has 0 bridgehead atoms. The second-order valence-corrected chi connectivity index (χ2v) is 5.86. The van der Waals surface area contributed by atoms with E-state index in [1.807, 2.05) is 44.2 Å². The van der Waals surface area contributed by atoms with Crippen molar-refractivity contribution in [2.75, 3.05) is 7.11 Å². The zero-order valence-corrected chi connectivity index (χ0v) is 13.6. The smallest absolute Gasteiger partial charge is 0.125 e. The second kappa shape index (κ2) is 6.42. The SMILES string of the molecule is COc1cc(C)cc(C)c1C(O)Cc1ccccc1Br. The summed E-state index contributed by atoms with van der Waals surface area (Å²) < 4.78 is 6.44. The van der Waals surface area contributed by atoms with Gasteiger partial charge in [0.1, 0.15) is 5.75 Å². The number of benzene rings is 2. The molecule has 1 atom stereocenters. The van der Waals surface area contributed by atoms with E-state index in [-0.39, 0.29) is 0 Å². The van der Waals surface area contributed by atoms with Crippen molar-refractivity contribution in [1.82, 2.24) is 0 Å². The summed E-state index contributed by atoms with van der Waals surface area (Å²) in [6.07, 6.45) is -0.0222. The normalized spacial score (nSPS) is 12.2. The van der Waals surface area contributed by atoms with Gasteiger partial charge in [-0.25, -0.2) is 0 Å². The molecule has 0 fully saturated rings. The van der Waals surface area contributed by atoms with Gasteiger partial charge in [-0.3, -0.25) is 0 Å². The quantitative estimate of drug-likeness (QED) is 0.900. The molecule has 0 heterocycles. The third kappa shape index (κ3) is 3.22. The van der Waals surface area contributed by atoms with Gasteiger partial charge in [-0.15, -0.1) is 0 Å². The lowest BCUT2D eigenvalue weighted by molar-refractivity contribution is 0.173. The number of methoxy groups -OCH3 is 1. The average molecular weight is 335 g/mol. The molecule has 0 aliphatic heterocycles. The Kier molecular flexibility index (Phi) is 4.84. The number of hydrogen-bond acceptors (Lipinski definition) is 2. The van der Waals surface area contributed by atoms with Crippen LogP contribution in [0.1, 0.15) is 28.4 Å². The molecule has 1 unspecified atom stereocenters. The van der Waals surface area contributed by atoms with E-state index in [0.29, 0.717) is 6.42 Å². The molecule has 0 spiro atoms. The summed E-state index contributed by atoms with van der Waals surface area (Å²) in [6, 6.07) is 12.0. The highest BCUT2D eigenvalue weighted by Crippen LogP contribution is 2.33. The van der Waals surface area contributed by atoms with Gasteiger partial charge in [-0.1, -0.05) is 40.2 Å². The van der Waals surface area contributed by atoms with Gasteiger partial charge in [-0.2, -0.15) is 0 Å². The molecule has 20 heavy (non-hydrogen) atoms. The lowest BCUT2D eigenvalue weighted by Gasteiger charge is -2.19. The van der Waals surface area contributed by atoms with E-state index in [0.717, 1.165) is 32.5 Å². The van der Waals surface area contributed by atoms with E-state index in [4.69, 9.17) is 4.74 Å². The molecule has 0 aromatic heterocycles. The molecule has 0 amide bonds. The molecule has 106 valence electrons. The number of halogens is 1. The molecule has 0 aliphatic carbocycles. The van der Waals surface area contributed by atoms with E-state index in [1.165, 1.54) is 0 Å². The van der Waals surface area contributed by atoms with E-state index >= 15 is 0 Å². The third-order valence-electron chi connectivity index (χ3n) is 3.42. The van der Waals surface area contributed by atoms with Gasteiger partial charge in [0.25, 0.3) is 0 Å². The van der Waals surface area contributed by atoms with Crippen LogP contribution >= 0.6 is 15.9 Å². The zero-order valence-electron chi connectivity index (χ0n) is 12.0. The summed E-state index contributed by atoms with van der Waals surface area (Å²) in [7, 11) is 1.64. The number of aliphatic hydroxyl groups excluding tert-OH is 1. The molecule has 2 rings (SSSR count). The Labute approximate surface area is 128 Å². The third-order valence-corrected chi connectivity index (χ3v) is 4.19. The van der Waals surface area contributed by atoms with E-state index in [1.54, 1.807) is 7.11 Å². The Bertz CT molecular complexity index is 608. The maximum absolute atomic E-state index is 10.6. The molecule has 0 radical (unpaired) electrons. The van der Waals surface area contributed by atoms with E-state index in [9.17, 15) is 5.11 Å². The summed E-state index contributed by atoms with van der Waals surface area (Å²) in [5.41, 5.74) is 4.15. The highest BCUT2D eigenvalue weighted by atomic mass is 79.9. The Morgan fingerprint density at radius 3 is 2.55 bits per heavy atom. The predicted molar refractivity (Wildman–Crippen MR) is 85.3 cm³/mol. The van der Waals surface area contributed by atoms with Crippen molar-refractivity contribution in [3.8, 4) is 5.75 Å². The standard InChI is InChI=1S/C17H19BrO2/c1-11-8-12(2)17(16(9-11)20-3)15(19)10-13-6-4-5-7-14(13)18/h4-9,15,19H,10H2,1-3H3. The second-order valence-electron chi connectivity index (χ2n) is 5.01. The fraction of sp³-hybridized carbons (Fsp3) is 0.294. The Hall–Kier alpha value is -1.32. The molecule has 0 saturated heterocycles. The van der Waals surface area contributed by atoms with Gasteiger partial charge in [0.2, 0.25) is 0 Å². The van der Waals surface area contributed by atoms with Crippen LogP contribution in [0.2, 0.25) is 0 Å². The number of aliphatic hydroxyl groups is 1. The van der Waals surface area contributed by atoms with Gasteiger partial charge in [0, 0.05) is 16.5 Å². The van der Waals surface area contributed by atoms with Crippen LogP contribution in [0, 0.1) is 13.8 Å². The van der Waals surface area contributed by atoms with Gasteiger partial charge in [-0.05, 0) is 42.7 Å². The topological polar surface area (TPSA) is 29.5 Å². The zero-order chi connectivity index (χ0) is 14.7. The molecule has 0 saturated carbocycles. The fourth-order valence-electron chi connectivity index (χ4n) is 2.51. The summed E-state index contributed by atoms with van der Waals surface area (Å²) >= 11 is 3.52. The first kappa shape index (κ1) is 15.1. The highest BCUT2D eigenvalue weighted by molar-refractivity contribution is 9.10. The van der Waals surface area contributed by atoms with Gasteiger partial charge in [0.05, 0.1) is 13.2 Å². The summed E-state index contributed by atoms with van der Waals surface area (Å²) in [5.74, 6) is 0.752. The molecule has 0 aliphatic rings. The summed E-state index contributed by atoms with van der Waals surface area (Å²) in [5, 5.41) is 10.6. The predicted octanol–water partition coefficient (Wildman–Crippen LogP) is 4.35. The minimum Gasteiger partial charge on any atom is -0.496 e. The van der Waals surface area contributed by atoms with Crippen molar-refractivity contribution in [2.45, 2.75) is 26.4 Å². The van der Waals surface area contributed by atoms with Crippen molar-refractivity contribution < 1.29 is 9.84 Å². The van der Waals surface area contributed by atoms with Gasteiger partial charge < -0.3 is 9.84 Å². The van der Waals surface area contributed by atoms with Crippen LogP contribution in [0.4, 0.5) is 0 Å². The highest BCUT2D eigenvalue weighted by Gasteiger charge is 2.18. The van der Waals surface area contributed by atoms with E-state index in [2.05, 4.69) is 22.0 Å². The molecule has 2 aromatic carbocycles. The maximum Gasteiger partial charge on any atom is 0.125 e. The van der Waals surface area contributed by atoms with Gasteiger partial charge >= 0.3 is 0 Å². The molecule has 1 N–H and O–H groups in total. The number of aryl methyl sites for hydroxylation is 2. The number of rotatable bonds is 4. The van der Waals surface area contributed by atoms with Crippen molar-refractivity contribution in [1.29, 1.82) is 0 Å². The largest absolute Gasteiger partial charge is 0.496 e. The first-order chi connectivity index (χ1) is 9.52. The van der Waals surface area contributed by atoms with Crippen LogP contribution in [0.15, 0.2) is 40.9 Å². The molecule has 2 aromatic rings. The molecule has 2 nitrogen and oxygen atoms in total. The fourth-order valence-corrected chi connectivity index (χ4v) is 2.96. The van der Waals surface area contributed by atoms with Crippen molar-refractivity contribution in [3.63, 3.8) is 0 Å². The van der Waals surface area contributed by atoms with Crippen LogP contribution in [0.25, 0.3) is 0 Å². The van der Waals surface area contributed by atoms with Crippen molar-refractivity contribution in [2.24, 2.45) is 0 Å². The van der Waals surface area contributed by atoms with Crippen molar-refractivity contribution in [3.05, 3.63) is 63.1 Å². The first-order valence-corrected chi connectivity index (χ1v) is 7.39. The van der Waals surface area contributed by atoms with Crippen LogP contribution in [-0.4, -0.2) is 12.2 Å². The van der Waals surface area contributed by atoms with Crippen LogP contribution in [0.3, 0.4) is 0 Å². The Morgan fingerprint density at radius 1 is 1.20 bits per heavy atom. The lowest BCUT2D eigenvalue weighted by Crippen LogP contribution is -2.07. The molecular formula is C17H19BrO2.